The highest BCUT2D eigenvalue weighted by atomic mass is 35.5. The summed E-state index contributed by atoms with van der Waals surface area (Å²) < 4.78 is 28.4. The van der Waals surface area contributed by atoms with Gasteiger partial charge in [-0.05, 0) is 13.3 Å². The fourth-order valence-electron chi connectivity index (χ4n) is 2.59. The molecule has 0 radical (unpaired) electrons. The summed E-state index contributed by atoms with van der Waals surface area (Å²) in [6.07, 6.45) is 1.81. The van der Waals surface area contributed by atoms with Crippen LogP contribution in [0.4, 0.5) is 5.82 Å². The van der Waals surface area contributed by atoms with E-state index in [0.717, 1.165) is 5.56 Å². The van der Waals surface area contributed by atoms with Crippen LogP contribution in [-0.4, -0.2) is 39.0 Å². The number of hydrogen-bond acceptors (Lipinski definition) is 6. The van der Waals surface area contributed by atoms with Gasteiger partial charge < -0.3 is 5.73 Å². The van der Waals surface area contributed by atoms with Gasteiger partial charge in [0.1, 0.15) is 22.2 Å². The lowest BCUT2D eigenvalue weighted by atomic mass is 10.1. The van der Waals surface area contributed by atoms with E-state index in [2.05, 4.69) is 15.1 Å². The number of nitrogen functional groups attached to an aromatic ring is 1. The predicted molar refractivity (Wildman–Crippen MR) is 80.7 cm³/mol. The van der Waals surface area contributed by atoms with E-state index >= 15 is 0 Å². The molecule has 8 nitrogen and oxygen atoms in total. The zero-order valence-electron chi connectivity index (χ0n) is 12.1. The number of fused-ring (bicyclic) bond motifs is 1. The summed E-state index contributed by atoms with van der Waals surface area (Å²) in [4.78, 5) is 8.11. The molecule has 0 aliphatic carbocycles. The number of nitrogens with two attached hydrogens (primary N) is 1. The zero-order valence-corrected chi connectivity index (χ0v) is 13.7. The van der Waals surface area contributed by atoms with Crippen LogP contribution in [0.5, 0.6) is 0 Å². The zero-order chi connectivity index (χ0) is 16.1. The number of rotatable bonds is 2. The van der Waals surface area contributed by atoms with E-state index in [9.17, 15) is 8.42 Å². The van der Waals surface area contributed by atoms with Crippen LogP contribution in [0, 0.1) is 6.92 Å². The molecule has 3 rings (SSSR count). The highest BCUT2D eigenvalue weighted by Crippen LogP contribution is 2.30. The minimum atomic E-state index is -3.74. The lowest BCUT2D eigenvalue weighted by molar-refractivity contribution is 0.385. The lowest BCUT2D eigenvalue weighted by Gasteiger charge is -2.27. The Morgan fingerprint density at radius 1 is 1.36 bits per heavy atom. The molecule has 0 fully saturated rings. The summed E-state index contributed by atoms with van der Waals surface area (Å²) in [6.45, 7) is 2.07. The Labute approximate surface area is 133 Å². The Kier molecular flexibility index (Phi) is 3.58. The van der Waals surface area contributed by atoms with Crippen molar-refractivity contribution < 1.29 is 8.42 Å². The molecule has 1 aliphatic heterocycles. The van der Waals surface area contributed by atoms with Crippen molar-refractivity contribution in [2.75, 3.05) is 12.3 Å². The summed E-state index contributed by atoms with van der Waals surface area (Å²) in [6, 6.07) is 0. The largest absolute Gasteiger partial charge is 0.383 e. The van der Waals surface area contributed by atoms with Crippen molar-refractivity contribution in [3.8, 4) is 0 Å². The van der Waals surface area contributed by atoms with Crippen molar-refractivity contribution in [3.63, 3.8) is 0 Å². The summed E-state index contributed by atoms with van der Waals surface area (Å²) in [5.74, 6) is 0.401. The van der Waals surface area contributed by atoms with Gasteiger partial charge in [0.25, 0.3) is 0 Å². The quantitative estimate of drug-likeness (QED) is 0.851. The van der Waals surface area contributed by atoms with Crippen molar-refractivity contribution in [2.24, 2.45) is 7.05 Å². The van der Waals surface area contributed by atoms with Crippen LogP contribution in [0.2, 0.25) is 5.15 Å². The maximum absolute atomic E-state index is 12.9. The molecule has 0 saturated heterocycles. The highest BCUT2D eigenvalue weighted by Gasteiger charge is 2.34. The van der Waals surface area contributed by atoms with Gasteiger partial charge in [0.15, 0.2) is 0 Å². The van der Waals surface area contributed by atoms with Crippen molar-refractivity contribution in [3.05, 3.63) is 28.4 Å². The number of nitrogens with zero attached hydrogens (tertiary/aromatic N) is 5. The lowest BCUT2D eigenvalue weighted by Crippen LogP contribution is -2.37. The third-order valence-electron chi connectivity index (χ3n) is 3.70. The second kappa shape index (κ2) is 5.18. The van der Waals surface area contributed by atoms with E-state index in [1.165, 1.54) is 15.3 Å². The van der Waals surface area contributed by atoms with Gasteiger partial charge in [-0.2, -0.15) is 9.40 Å². The first-order valence-electron chi connectivity index (χ1n) is 6.60. The van der Waals surface area contributed by atoms with Crippen LogP contribution in [0.1, 0.15) is 17.0 Å². The maximum atomic E-state index is 12.9. The Morgan fingerprint density at radius 3 is 2.73 bits per heavy atom. The molecule has 2 N–H and O–H groups in total. The fraction of sp³-hybridized carbons (Fsp3) is 0.417. The van der Waals surface area contributed by atoms with E-state index in [1.807, 2.05) is 0 Å². The molecule has 0 aromatic carbocycles. The molecule has 0 amide bonds. The molecule has 0 saturated carbocycles. The average Bonchev–Trinajstić information content (AvgIpc) is 2.72. The average molecular weight is 343 g/mol. The van der Waals surface area contributed by atoms with Gasteiger partial charge in [-0.1, -0.05) is 11.6 Å². The smallest absolute Gasteiger partial charge is 0.248 e. The molecule has 1 aliphatic rings. The summed E-state index contributed by atoms with van der Waals surface area (Å²) >= 11 is 6.09. The number of sulfonamides is 1. The molecule has 118 valence electrons. The topological polar surface area (TPSA) is 107 Å². The molecular weight excluding hydrogens is 328 g/mol. The van der Waals surface area contributed by atoms with E-state index in [0.29, 0.717) is 30.2 Å². The van der Waals surface area contributed by atoms with E-state index in [-0.39, 0.29) is 16.6 Å². The van der Waals surface area contributed by atoms with Crippen molar-refractivity contribution in [1.29, 1.82) is 0 Å². The van der Waals surface area contributed by atoms with Crippen LogP contribution < -0.4 is 5.73 Å². The summed E-state index contributed by atoms with van der Waals surface area (Å²) in [5, 5.41) is 4.17. The summed E-state index contributed by atoms with van der Waals surface area (Å²) in [7, 11) is -2.14. The van der Waals surface area contributed by atoms with Crippen LogP contribution in [0.3, 0.4) is 0 Å². The van der Waals surface area contributed by atoms with Gasteiger partial charge in [-0.3, -0.25) is 4.68 Å². The first-order valence-corrected chi connectivity index (χ1v) is 8.41. The number of anilines is 1. The minimum Gasteiger partial charge on any atom is -0.383 e. The number of hydrogen-bond donors (Lipinski definition) is 1. The molecule has 3 heterocycles. The van der Waals surface area contributed by atoms with Gasteiger partial charge >= 0.3 is 0 Å². The van der Waals surface area contributed by atoms with Crippen LogP contribution in [-0.2, 0) is 30.0 Å². The standard InChI is InChI=1S/C12H15ClN6O2S/c1-7-10(11(13)18(2)17-7)22(20,21)19-4-3-8-9(5-19)15-6-16-12(8)14/h6H,3-5H2,1-2H3,(H2,14,15,16). The third-order valence-corrected chi connectivity index (χ3v) is 6.25. The van der Waals surface area contributed by atoms with Crippen LogP contribution in [0.15, 0.2) is 11.2 Å². The first kappa shape index (κ1) is 15.2. The molecule has 2 aromatic rings. The molecule has 0 atom stereocenters. The van der Waals surface area contributed by atoms with Gasteiger partial charge in [0.05, 0.1) is 17.9 Å². The molecule has 0 unspecified atom stereocenters. The summed E-state index contributed by atoms with van der Waals surface area (Å²) in [5.41, 5.74) is 7.61. The molecule has 22 heavy (non-hydrogen) atoms. The monoisotopic (exact) mass is 342 g/mol. The van der Waals surface area contributed by atoms with Gasteiger partial charge in [-0.25, -0.2) is 18.4 Å². The number of halogens is 1. The first-order chi connectivity index (χ1) is 10.3. The van der Waals surface area contributed by atoms with Gasteiger partial charge in [-0.15, -0.1) is 0 Å². The third kappa shape index (κ3) is 2.25. The van der Waals surface area contributed by atoms with E-state index in [1.54, 1.807) is 14.0 Å². The SMILES string of the molecule is Cc1nn(C)c(Cl)c1S(=O)(=O)N1CCc2c(N)ncnc2C1. The Hall–Kier alpha value is -1.71. The normalized spacial score (nSPS) is 15.8. The number of aromatic nitrogens is 4. The molecule has 2 aromatic heterocycles. The van der Waals surface area contributed by atoms with E-state index < -0.39 is 10.0 Å². The van der Waals surface area contributed by atoms with Gasteiger partial charge in [0, 0.05) is 19.2 Å². The predicted octanol–water partition coefficient (Wildman–Crippen LogP) is 0.501. The molecule has 0 spiro atoms. The van der Waals surface area contributed by atoms with Crippen molar-refractivity contribution >= 4 is 27.4 Å². The Bertz CT molecular complexity index is 848. The molecule has 0 bridgehead atoms. The second-order valence-electron chi connectivity index (χ2n) is 5.10. The Balaban J connectivity index is 2.02. The van der Waals surface area contributed by atoms with Crippen LogP contribution >= 0.6 is 11.6 Å². The highest BCUT2D eigenvalue weighted by molar-refractivity contribution is 7.89. The van der Waals surface area contributed by atoms with E-state index in [4.69, 9.17) is 17.3 Å². The fourth-order valence-corrected chi connectivity index (χ4v) is 4.70. The van der Waals surface area contributed by atoms with Crippen molar-refractivity contribution in [2.45, 2.75) is 24.8 Å². The number of aryl methyl sites for hydroxylation is 2. The minimum absolute atomic E-state index is 0.0437. The molecule has 10 heteroatoms. The van der Waals surface area contributed by atoms with Gasteiger partial charge in [0.2, 0.25) is 10.0 Å². The molecular formula is C12H15ClN6O2S. The van der Waals surface area contributed by atoms with Crippen molar-refractivity contribution in [1.82, 2.24) is 24.1 Å². The second-order valence-corrected chi connectivity index (χ2v) is 7.33. The Morgan fingerprint density at radius 2 is 2.09 bits per heavy atom. The van der Waals surface area contributed by atoms with Crippen LogP contribution in [0.25, 0.3) is 0 Å². The maximum Gasteiger partial charge on any atom is 0.248 e.